The van der Waals surface area contributed by atoms with E-state index in [1.807, 2.05) is 19.2 Å². The minimum absolute atomic E-state index is 0.215. The second-order valence-electron chi connectivity index (χ2n) is 4.36. The van der Waals surface area contributed by atoms with Crippen LogP contribution < -0.4 is 0 Å². The number of hydrogen-bond donors (Lipinski definition) is 1. The molecule has 0 aromatic carbocycles. The maximum absolute atomic E-state index is 11.7. The highest BCUT2D eigenvalue weighted by Crippen LogP contribution is 2.34. The molecule has 1 aromatic rings. The first kappa shape index (κ1) is 11.2. The lowest BCUT2D eigenvalue weighted by Gasteiger charge is -2.21. The number of aromatic amines is 1. The van der Waals surface area contributed by atoms with Gasteiger partial charge in [-0.25, -0.2) is 4.79 Å². The van der Waals surface area contributed by atoms with Crippen LogP contribution in [0.15, 0.2) is 12.3 Å². The van der Waals surface area contributed by atoms with Crippen LogP contribution in [0.3, 0.4) is 0 Å². The maximum atomic E-state index is 11.7. The van der Waals surface area contributed by atoms with E-state index in [0.29, 0.717) is 18.2 Å². The molecule has 1 aliphatic rings. The smallest absolute Gasteiger partial charge is 0.355 e. The van der Waals surface area contributed by atoms with Gasteiger partial charge < -0.3 is 9.72 Å². The molecule has 1 aromatic heterocycles. The average Bonchev–Trinajstić information content (AvgIpc) is 2.79. The number of esters is 1. The summed E-state index contributed by atoms with van der Waals surface area (Å²) in [5, 5.41) is 0. The third-order valence-corrected chi connectivity index (χ3v) is 3.30. The largest absolute Gasteiger partial charge is 0.461 e. The van der Waals surface area contributed by atoms with Crippen LogP contribution in [0, 0.1) is 0 Å². The first-order chi connectivity index (χ1) is 7.83. The molecule has 1 heterocycles. The topological polar surface area (TPSA) is 42.1 Å². The lowest BCUT2D eigenvalue weighted by atomic mass is 9.84. The van der Waals surface area contributed by atoms with Crippen LogP contribution in [-0.2, 0) is 4.74 Å². The minimum atomic E-state index is -0.215. The molecule has 0 radical (unpaired) electrons. The molecule has 0 bridgehead atoms. The molecule has 0 unspecified atom stereocenters. The molecule has 0 aliphatic heterocycles. The van der Waals surface area contributed by atoms with Crippen molar-refractivity contribution in [3.05, 3.63) is 23.5 Å². The van der Waals surface area contributed by atoms with Gasteiger partial charge in [-0.1, -0.05) is 19.3 Å². The van der Waals surface area contributed by atoms with Crippen LogP contribution in [0.25, 0.3) is 0 Å². The summed E-state index contributed by atoms with van der Waals surface area (Å²) in [6.07, 6.45) is 8.12. The number of aromatic nitrogens is 1. The first-order valence-electron chi connectivity index (χ1n) is 6.17. The van der Waals surface area contributed by atoms with Crippen LogP contribution in [0.5, 0.6) is 0 Å². The van der Waals surface area contributed by atoms with E-state index in [1.165, 1.54) is 32.1 Å². The Kier molecular flexibility index (Phi) is 3.65. The van der Waals surface area contributed by atoms with E-state index in [9.17, 15) is 4.79 Å². The fraction of sp³-hybridized carbons (Fsp3) is 0.615. The van der Waals surface area contributed by atoms with E-state index in [2.05, 4.69) is 4.98 Å². The molecule has 3 nitrogen and oxygen atoms in total. The predicted molar refractivity (Wildman–Crippen MR) is 62.6 cm³/mol. The second-order valence-corrected chi connectivity index (χ2v) is 4.36. The van der Waals surface area contributed by atoms with Crippen molar-refractivity contribution < 1.29 is 9.53 Å². The summed E-state index contributed by atoms with van der Waals surface area (Å²) >= 11 is 0. The molecule has 0 amide bonds. The van der Waals surface area contributed by atoms with Crippen molar-refractivity contribution >= 4 is 5.97 Å². The molecule has 88 valence electrons. The zero-order valence-corrected chi connectivity index (χ0v) is 9.79. The Morgan fingerprint density at radius 3 is 2.88 bits per heavy atom. The summed E-state index contributed by atoms with van der Waals surface area (Å²) in [4.78, 5) is 14.7. The van der Waals surface area contributed by atoms with Crippen molar-refractivity contribution in [2.45, 2.75) is 44.9 Å². The highest BCUT2D eigenvalue weighted by Gasteiger charge is 2.22. The summed E-state index contributed by atoms with van der Waals surface area (Å²) in [6, 6.07) is 2.03. The van der Waals surface area contributed by atoms with Gasteiger partial charge in [-0.05, 0) is 37.3 Å². The van der Waals surface area contributed by atoms with Gasteiger partial charge in [0.1, 0.15) is 5.69 Å². The van der Waals surface area contributed by atoms with Gasteiger partial charge >= 0.3 is 5.97 Å². The van der Waals surface area contributed by atoms with Crippen LogP contribution in [0.1, 0.15) is 61.0 Å². The van der Waals surface area contributed by atoms with Crippen LogP contribution in [0.4, 0.5) is 0 Å². The van der Waals surface area contributed by atoms with Gasteiger partial charge in [-0.15, -0.1) is 0 Å². The fourth-order valence-corrected chi connectivity index (χ4v) is 2.52. The molecular formula is C13H19NO2. The van der Waals surface area contributed by atoms with E-state index in [4.69, 9.17) is 4.74 Å². The van der Waals surface area contributed by atoms with Crippen molar-refractivity contribution in [3.8, 4) is 0 Å². The van der Waals surface area contributed by atoms with Crippen LogP contribution >= 0.6 is 0 Å². The van der Waals surface area contributed by atoms with Crippen LogP contribution in [0.2, 0.25) is 0 Å². The maximum Gasteiger partial charge on any atom is 0.355 e. The predicted octanol–water partition coefficient (Wildman–Crippen LogP) is 3.24. The number of carbonyl (C=O) groups is 1. The third kappa shape index (κ3) is 2.29. The van der Waals surface area contributed by atoms with Gasteiger partial charge in [0.2, 0.25) is 0 Å². The van der Waals surface area contributed by atoms with Gasteiger partial charge in [-0.2, -0.15) is 0 Å². The van der Waals surface area contributed by atoms with Gasteiger partial charge in [0.05, 0.1) is 6.61 Å². The van der Waals surface area contributed by atoms with E-state index in [-0.39, 0.29) is 5.97 Å². The number of rotatable bonds is 3. The number of hydrogen-bond acceptors (Lipinski definition) is 2. The molecule has 1 fully saturated rings. The van der Waals surface area contributed by atoms with Gasteiger partial charge in [0.25, 0.3) is 0 Å². The normalized spacial score (nSPS) is 17.3. The van der Waals surface area contributed by atoms with E-state index in [0.717, 1.165) is 5.56 Å². The SMILES string of the molecule is CCOC(=O)c1[nH]ccc1C1CCCCC1. The zero-order chi connectivity index (χ0) is 11.4. The molecule has 0 saturated heterocycles. The summed E-state index contributed by atoms with van der Waals surface area (Å²) in [5.41, 5.74) is 1.81. The Bertz CT molecular complexity index is 351. The van der Waals surface area contributed by atoms with Gasteiger partial charge in [0.15, 0.2) is 0 Å². The third-order valence-electron chi connectivity index (χ3n) is 3.30. The lowest BCUT2D eigenvalue weighted by molar-refractivity contribution is 0.0518. The minimum Gasteiger partial charge on any atom is -0.461 e. The molecular weight excluding hydrogens is 202 g/mol. The molecule has 0 spiro atoms. The molecule has 3 heteroatoms. The second kappa shape index (κ2) is 5.19. The molecule has 0 atom stereocenters. The average molecular weight is 221 g/mol. The highest BCUT2D eigenvalue weighted by atomic mass is 16.5. The molecule has 16 heavy (non-hydrogen) atoms. The van der Waals surface area contributed by atoms with Gasteiger partial charge in [0, 0.05) is 6.20 Å². The monoisotopic (exact) mass is 221 g/mol. The standard InChI is InChI=1S/C13H19NO2/c1-2-16-13(15)12-11(8-9-14-12)10-6-4-3-5-7-10/h8-10,14H,2-7H2,1H3. The van der Waals surface area contributed by atoms with Crippen molar-refractivity contribution in [2.24, 2.45) is 0 Å². The van der Waals surface area contributed by atoms with E-state index < -0.39 is 0 Å². The number of nitrogens with one attached hydrogen (secondary N) is 1. The van der Waals surface area contributed by atoms with Crippen molar-refractivity contribution in [1.82, 2.24) is 4.98 Å². The van der Waals surface area contributed by atoms with Crippen molar-refractivity contribution in [2.75, 3.05) is 6.61 Å². The number of ether oxygens (including phenoxy) is 1. The Morgan fingerprint density at radius 2 is 2.19 bits per heavy atom. The lowest BCUT2D eigenvalue weighted by Crippen LogP contribution is -2.12. The molecule has 1 aliphatic carbocycles. The van der Waals surface area contributed by atoms with E-state index >= 15 is 0 Å². The Hall–Kier alpha value is -1.25. The zero-order valence-electron chi connectivity index (χ0n) is 9.79. The first-order valence-corrected chi connectivity index (χ1v) is 6.17. The summed E-state index contributed by atoms with van der Waals surface area (Å²) in [7, 11) is 0. The Labute approximate surface area is 96.2 Å². The van der Waals surface area contributed by atoms with Crippen molar-refractivity contribution in [3.63, 3.8) is 0 Å². The Balaban J connectivity index is 2.14. The van der Waals surface area contributed by atoms with Crippen molar-refractivity contribution in [1.29, 1.82) is 0 Å². The molecule has 1 N–H and O–H groups in total. The van der Waals surface area contributed by atoms with E-state index in [1.54, 1.807) is 0 Å². The summed E-state index contributed by atoms with van der Waals surface area (Å²) < 4.78 is 5.05. The fourth-order valence-electron chi connectivity index (χ4n) is 2.52. The quantitative estimate of drug-likeness (QED) is 0.796. The molecule has 1 saturated carbocycles. The highest BCUT2D eigenvalue weighted by molar-refractivity contribution is 5.89. The molecule has 2 rings (SSSR count). The summed E-state index contributed by atoms with van der Waals surface area (Å²) in [6.45, 7) is 2.27. The number of H-pyrrole nitrogens is 1. The summed E-state index contributed by atoms with van der Waals surface area (Å²) in [5.74, 6) is 0.326. The Morgan fingerprint density at radius 1 is 1.44 bits per heavy atom. The van der Waals surface area contributed by atoms with Crippen LogP contribution in [-0.4, -0.2) is 17.6 Å². The number of carbonyl (C=O) groups excluding carboxylic acids is 1. The van der Waals surface area contributed by atoms with Gasteiger partial charge in [-0.3, -0.25) is 0 Å².